The van der Waals surface area contributed by atoms with Gasteiger partial charge in [-0.1, -0.05) is 6.07 Å². The Morgan fingerprint density at radius 1 is 1.24 bits per heavy atom. The first-order chi connectivity index (χ1) is 11.7. The van der Waals surface area contributed by atoms with Crippen LogP contribution in [0.4, 0.5) is 13.2 Å². The number of rotatable bonds is 5. The third-order valence-corrected chi connectivity index (χ3v) is 3.71. The number of halogens is 3. The normalized spacial score (nSPS) is 12.6. The monoisotopic (exact) mass is 357 g/mol. The molecule has 1 aromatic carbocycles. The van der Waals surface area contributed by atoms with Crippen molar-refractivity contribution in [2.24, 2.45) is 7.05 Å². The van der Waals surface area contributed by atoms with Crippen LogP contribution in [0.25, 0.3) is 0 Å². The summed E-state index contributed by atoms with van der Waals surface area (Å²) in [6, 6.07) is 4.45. The van der Waals surface area contributed by atoms with Crippen LogP contribution in [0, 0.1) is 0 Å². The maximum atomic E-state index is 13.1. The minimum absolute atomic E-state index is 0.457. The summed E-state index contributed by atoms with van der Waals surface area (Å²) < 4.78 is 50.2. The molecule has 0 fully saturated rings. The summed E-state index contributed by atoms with van der Waals surface area (Å²) in [5, 5.41) is 6.07. The number of hydrogen-bond donors (Lipinski definition) is 1. The molecule has 1 aromatic heterocycles. The first-order valence-electron chi connectivity index (χ1n) is 7.31. The minimum atomic E-state index is -4.68. The third kappa shape index (κ3) is 3.86. The van der Waals surface area contributed by atoms with Gasteiger partial charge in [0.05, 0.1) is 32.0 Å². The molecule has 0 spiro atoms. The zero-order valence-corrected chi connectivity index (χ0v) is 14.1. The summed E-state index contributed by atoms with van der Waals surface area (Å²) in [5.41, 5.74) is -0.963. The number of ether oxygens (including phenoxy) is 2. The molecule has 1 heterocycles. The number of benzene rings is 1. The molecule has 0 unspecified atom stereocenters. The van der Waals surface area contributed by atoms with E-state index in [-0.39, 0.29) is 0 Å². The van der Waals surface area contributed by atoms with E-state index in [9.17, 15) is 18.0 Å². The molecule has 0 saturated heterocycles. The van der Waals surface area contributed by atoms with Gasteiger partial charge in [-0.3, -0.25) is 9.48 Å². The zero-order chi connectivity index (χ0) is 18.8. The van der Waals surface area contributed by atoms with Crippen molar-refractivity contribution in [1.82, 2.24) is 15.1 Å². The smallest absolute Gasteiger partial charge is 0.433 e. The van der Waals surface area contributed by atoms with E-state index in [0.29, 0.717) is 21.7 Å². The fraction of sp³-hybridized carbons (Fsp3) is 0.375. The van der Waals surface area contributed by atoms with Crippen LogP contribution >= 0.6 is 0 Å². The van der Waals surface area contributed by atoms with Crippen molar-refractivity contribution in [3.63, 3.8) is 0 Å². The second kappa shape index (κ2) is 7.04. The highest BCUT2D eigenvalue weighted by Crippen LogP contribution is 2.32. The van der Waals surface area contributed by atoms with Gasteiger partial charge in [0.2, 0.25) is 0 Å². The molecule has 0 radical (unpaired) electrons. The second-order valence-electron chi connectivity index (χ2n) is 5.34. The predicted octanol–water partition coefficient (Wildman–Crippen LogP) is 2.95. The highest BCUT2D eigenvalue weighted by Gasteiger charge is 2.39. The van der Waals surface area contributed by atoms with E-state index >= 15 is 0 Å². The van der Waals surface area contributed by atoms with Gasteiger partial charge in [-0.15, -0.1) is 0 Å². The summed E-state index contributed by atoms with van der Waals surface area (Å²) in [7, 11) is 4.09. The molecule has 2 rings (SSSR count). The number of aryl methyl sites for hydroxylation is 1. The SMILES string of the molecule is COc1ccc([C@H](C)NC(=O)c2cnn(C)c2C(F)(F)F)cc1OC. The molecule has 0 aliphatic carbocycles. The maximum Gasteiger partial charge on any atom is 0.433 e. The molecule has 6 nitrogen and oxygen atoms in total. The molecule has 9 heteroatoms. The van der Waals surface area contributed by atoms with Gasteiger partial charge in [0.25, 0.3) is 5.91 Å². The predicted molar refractivity (Wildman–Crippen MR) is 83.6 cm³/mol. The number of nitrogens with one attached hydrogen (secondary N) is 1. The van der Waals surface area contributed by atoms with Crippen LogP contribution in [0.5, 0.6) is 11.5 Å². The van der Waals surface area contributed by atoms with Crippen LogP contribution in [0.2, 0.25) is 0 Å². The Bertz CT molecular complexity index is 772. The Morgan fingerprint density at radius 2 is 1.88 bits per heavy atom. The van der Waals surface area contributed by atoms with Crippen LogP contribution in [0.1, 0.15) is 34.6 Å². The number of nitrogens with zero attached hydrogens (tertiary/aromatic N) is 2. The van der Waals surface area contributed by atoms with Crippen molar-refractivity contribution >= 4 is 5.91 Å². The molecule has 0 aliphatic heterocycles. The summed E-state index contributed by atoms with van der Waals surface area (Å²) >= 11 is 0. The molecule has 0 bridgehead atoms. The van der Waals surface area contributed by atoms with E-state index in [0.717, 1.165) is 13.2 Å². The molecule has 1 amide bonds. The first kappa shape index (κ1) is 18.6. The van der Waals surface area contributed by atoms with Crippen LogP contribution in [0.3, 0.4) is 0 Å². The molecule has 136 valence electrons. The lowest BCUT2D eigenvalue weighted by Crippen LogP contribution is -2.29. The Kier molecular flexibility index (Phi) is 5.24. The van der Waals surface area contributed by atoms with Crippen LogP contribution < -0.4 is 14.8 Å². The fourth-order valence-corrected chi connectivity index (χ4v) is 2.42. The van der Waals surface area contributed by atoms with Gasteiger partial charge in [-0.25, -0.2) is 0 Å². The lowest BCUT2D eigenvalue weighted by Gasteiger charge is -2.17. The minimum Gasteiger partial charge on any atom is -0.493 e. The number of methoxy groups -OCH3 is 2. The standard InChI is InChI=1S/C16H18F3N3O3/c1-9(10-5-6-12(24-3)13(7-10)25-4)21-15(23)11-8-20-22(2)14(11)16(17,18)19/h5-9H,1-4H3,(H,21,23)/t9-/m0/s1. The van der Waals surface area contributed by atoms with Gasteiger partial charge >= 0.3 is 6.18 Å². The quantitative estimate of drug-likeness (QED) is 0.894. The van der Waals surface area contributed by atoms with Crippen molar-refractivity contribution in [3.8, 4) is 11.5 Å². The highest BCUT2D eigenvalue weighted by atomic mass is 19.4. The number of carbonyl (C=O) groups is 1. The van der Waals surface area contributed by atoms with Gasteiger partial charge in [-0.05, 0) is 24.6 Å². The highest BCUT2D eigenvalue weighted by molar-refractivity contribution is 5.95. The van der Waals surface area contributed by atoms with Crippen molar-refractivity contribution in [2.75, 3.05) is 14.2 Å². The zero-order valence-electron chi connectivity index (χ0n) is 14.1. The molecule has 0 aliphatic rings. The molecule has 0 saturated carbocycles. The average molecular weight is 357 g/mol. The van der Waals surface area contributed by atoms with Gasteiger partial charge in [-0.2, -0.15) is 18.3 Å². The number of alkyl halides is 3. The second-order valence-corrected chi connectivity index (χ2v) is 5.34. The molecule has 25 heavy (non-hydrogen) atoms. The van der Waals surface area contributed by atoms with Crippen LogP contribution in [-0.4, -0.2) is 29.9 Å². The van der Waals surface area contributed by atoms with Crippen molar-refractivity contribution in [1.29, 1.82) is 0 Å². The van der Waals surface area contributed by atoms with E-state index in [1.165, 1.54) is 14.2 Å². The molecular formula is C16H18F3N3O3. The first-order valence-corrected chi connectivity index (χ1v) is 7.31. The Hall–Kier alpha value is -2.71. The topological polar surface area (TPSA) is 65.4 Å². The Labute approximate surface area is 142 Å². The lowest BCUT2D eigenvalue weighted by atomic mass is 10.1. The third-order valence-electron chi connectivity index (χ3n) is 3.71. The van der Waals surface area contributed by atoms with E-state index in [1.807, 2.05) is 0 Å². The Morgan fingerprint density at radius 3 is 2.44 bits per heavy atom. The largest absolute Gasteiger partial charge is 0.493 e. The summed E-state index contributed by atoms with van der Waals surface area (Å²) in [6.07, 6.45) is -3.77. The number of hydrogen-bond acceptors (Lipinski definition) is 4. The van der Waals surface area contributed by atoms with E-state index in [4.69, 9.17) is 9.47 Å². The van der Waals surface area contributed by atoms with Gasteiger partial charge in [0, 0.05) is 7.05 Å². The molecular weight excluding hydrogens is 339 g/mol. The van der Waals surface area contributed by atoms with Gasteiger partial charge < -0.3 is 14.8 Å². The Balaban J connectivity index is 2.24. The van der Waals surface area contributed by atoms with E-state index in [2.05, 4.69) is 10.4 Å². The van der Waals surface area contributed by atoms with Crippen molar-refractivity contribution in [3.05, 3.63) is 41.2 Å². The average Bonchev–Trinajstić information content (AvgIpc) is 2.96. The van der Waals surface area contributed by atoms with Crippen molar-refractivity contribution in [2.45, 2.75) is 19.1 Å². The van der Waals surface area contributed by atoms with Gasteiger partial charge in [0.1, 0.15) is 0 Å². The van der Waals surface area contributed by atoms with Gasteiger partial charge in [0.15, 0.2) is 17.2 Å². The summed E-state index contributed by atoms with van der Waals surface area (Å²) in [6.45, 7) is 1.66. The maximum absolute atomic E-state index is 13.1. The number of carbonyl (C=O) groups excluding carboxylic acids is 1. The summed E-state index contributed by atoms with van der Waals surface area (Å²) in [4.78, 5) is 12.3. The number of amides is 1. The van der Waals surface area contributed by atoms with Crippen LogP contribution in [-0.2, 0) is 13.2 Å². The van der Waals surface area contributed by atoms with Crippen molar-refractivity contribution < 1.29 is 27.4 Å². The fourth-order valence-electron chi connectivity index (χ4n) is 2.42. The van der Waals surface area contributed by atoms with E-state index in [1.54, 1.807) is 25.1 Å². The van der Waals surface area contributed by atoms with E-state index < -0.39 is 29.4 Å². The molecule has 2 aromatic rings. The lowest BCUT2D eigenvalue weighted by molar-refractivity contribution is -0.144. The molecule has 1 atom stereocenters. The number of aromatic nitrogens is 2. The summed E-state index contributed by atoms with van der Waals surface area (Å²) in [5.74, 6) is 0.109. The molecule has 1 N–H and O–H groups in total. The van der Waals surface area contributed by atoms with Crippen LogP contribution in [0.15, 0.2) is 24.4 Å².